The van der Waals surface area contributed by atoms with E-state index in [-0.39, 0.29) is 5.91 Å². The zero-order chi connectivity index (χ0) is 23.5. The maximum Gasteiger partial charge on any atom is 0.276 e. The van der Waals surface area contributed by atoms with Gasteiger partial charge in [-0.25, -0.2) is 5.01 Å². The molecular formula is C26H21BrN4O2S. The first-order valence-electron chi connectivity index (χ1n) is 10.7. The van der Waals surface area contributed by atoms with E-state index < -0.39 is 6.17 Å². The van der Waals surface area contributed by atoms with Crippen molar-refractivity contribution in [3.05, 3.63) is 112 Å². The molecule has 1 amide bonds. The van der Waals surface area contributed by atoms with E-state index in [2.05, 4.69) is 27.8 Å². The number of fused-ring (bicyclic) bond motifs is 2. The van der Waals surface area contributed by atoms with Gasteiger partial charge < -0.3 is 4.74 Å². The molecule has 2 heterocycles. The number of nitrogens with zero attached hydrogens (tertiary/aromatic N) is 3. The van der Waals surface area contributed by atoms with Crippen molar-refractivity contribution in [3.8, 4) is 5.75 Å². The van der Waals surface area contributed by atoms with Crippen LogP contribution in [0.2, 0.25) is 0 Å². The van der Waals surface area contributed by atoms with Crippen molar-refractivity contribution in [2.24, 2.45) is 10.1 Å². The van der Waals surface area contributed by atoms with Gasteiger partial charge in [0.2, 0.25) is 0 Å². The lowest BCUT2D eigenvalue weighted by Gasteiger charge is -2.34. The average Bonchev–Trinajstić information content (AvgIpc) is 2.86. The first-order chi connectivity index (χ1) is 16.6. The van der Waals surface area contributed by atoms with Gasteiger partial charge in [-0.05, 0) is 29.8 Å². The Morgan fingerprint density at radius 2 is 1.91 bits per heavy atom. The number of hydrazone groups is 1. The van der Waals surface area contributed by atoms with Gasteiger partial charge in [-0.2, -0.15) is 0 Å². The van der Waals surface area contributed by atoms with Crippen molar-refractivity contribution in [2.45, 2.75) is 12.8 Å². The summed E-state index contributed by atoms with van der Waals surface area (Å²) in [5.74, 6) is 1.10. The van der Waals surface area contributed by atoms with Crippen LogP contribution < -0.4 is 20.6 Å². The van der Waals surface area contributed by atoms with Crippen molar-refractivity contribution in [1.82, 2.24) is 10.3 Å². The molecule has 1 N–H and O–H groups in total. The Balaban J connectivity index is 1.61. The zero-order valence-electron chi connectivity index (χ0n) is 18.1. The molecule has 2 aliphatic heterocycles. The van der Waals surface area contributed by atoms with Gasteiger partial charge in [-0.3, -0.25) is 15.1 Å². The maximum atomic E-state index is 13.2. The third-order valence-corrected chi connectivity index (χ3v) is 6.69. The number of hydrogen-bond acceptors (Lipinski definition) is 6. The fourth-order valence-corrected chi connectivity index (χ4v) is 4.79. The van der Waals surface area contributed by atoms with Crippen molar-refractivity contribution >= 4 is 44.5 Å². The average molecular weight is 533 g/mol. The highest BCUT2D eigenvalue weighted by molar-refractivity contribution is 9.10. The number of nitrogens with one attached hydrogen (secondary N) is 1. The summed E-state index contributed by atoms with van der Waals surface area (Å²) >= 11 is 5.00. The van der Waals surface area contributed by atoms with Crippen LogP contribution in [0.25, 0.3) is 5.70 Å². The van der Waals surface area contributed by atoms with E-state index in [0.717, 1.165) is 26.2 Å². The van der Waals surface area contributed by atoms with Crippen LogP contribution in [0.15, 0.2) is 100 Å². The topological polar surface area (TPSA) is 66.3 Å². The molecule has 5 rings (SSSR count). The Kier molecular flexibility index (Phi) is 6.51. The summed E-state index contributed by atoms with van der Waals surface area (Å²) in [7, 11) is 0. The van der Waals surface area contributed by atoms with Gasteiger partial charge in [0.1, 0.15) is 18.1 Å². The number of carbonyl (C=O) groups excluding carboxylic acids is 1. The molecule has 3 aromatic carbocycles. The predicted molar refractivity (Wildman–Crippen MR) is 138 cm³/mol. The van der Waals surface area contributed by atoms with Gasteiger partial charge in [0.25, 0.3) is 5.91 Å². The first-order valence-corrected chi connectivity index (χ1v) is 12.5. The van der Waals surface area contributed by atoms with Gasteiger partial charge >= 0.3 is 0 Å². The minimum absolute atomic E-state index is 0.212. The summed E-state index contributed by atoms with van der Waals surface area (Å²) < 4.78 is 7.12. The summed E-state index contributed by atoms with van der Waals surface area (Å²) in [5, 5.41) is 11.4. The molecule has 0 fully saturated rings. The monoisotopic (exact) mass is 532 g/mol. The van der Waals surface area contributed by atoms with E-state index in [1.807, 2.05) is 72.8 Å². The molecular weight excluding hydrogens is 512 g/mol. The molecule has 0 saturated carbocycles. The molecule has 8 heteroatoms. The van der Waals surface area contributed by atoms with Crippen molar-refractivity contribution in [2.75, 3.05) is 5.75 Å². The largest absolute Gasteiger partial charge is 0.488 e. The number of amidine groups is 1. The number of benzene rings is 3. The lowest BCUT2D eigenvalue weighted by Crippen LogP contribution is -2.50. The molecule has 0 saturated heterocycles. The molecule has 6 nitrogen and oxygen atoms in total. The summed E-state index contributed by atoms with van der Waals surface area (Å²) in [5.41, 5.74) is 2.34. The van der Waals surface area contributed by atoms with Crippen molar-refractivity contribution in [1.29, 1.82) is 0 Å². The molecule has 0 bridgehead atoms. The minimum Gasteiger partial charge on any atom is -0.488 e. The molecule has 0 spiro atoms. The van der Waals surface area contributed by atoms with E-state index in [4.69, 9.17) is 14.8 Å². The third kappa shape index (κ3) is 4.51. The molecule has 34 heavy (non-hydrogen) atoms. The second kappa shape index (κ2) is 9.87. The highest BCUT2D eigenvalue weighted by Crippen LogP contribution is 2.37. The lowest BCUT2D eigenvalue weighted by molar-refractivity contribution is -0.116. The quantitative estimate of drug-likeness (QED) is 0.485. The number of amides is 1. The van der Waals surface area contributed by atoms with Crippen LogP contribution in [0.5, 0.6) is 5.75 Å². The fraction of sp³-hybridized carbons (Fsp3) is 0.115. The van der Waals surface area contributed by atoms with E-state index in [1.165, 1.54) is 11.8 Å². The normalized spacial score (nSPS) is 16.6. The van der Waals surface area contributed by atoms with Crippen LogP contribution in [0, 0.1) is 0 Å². The summed E-state index contributed by atoms with van der Waals surface area (Å²) in [4.78, 5) is 18.2. The standard InChI is InChI=1S/C26H21BrN4O2S/c1-2-14-34-26-29-25(32)23-19-10-6-7-11-21(19)28-24(31(23)30-26)20-15-18(27)12-13-22(20)33-16-17-8-4-3-5-9-17/h2-13,15,24H,1,14,16H2,(H,29,30,32)/t24-/m1/s1. The number of carbonyl (C=O) groups is 1. The van der Waals surface area contributed by atoms with Gasteiger partial charge in [0.15, 0.2) is 11.3 Å². The van der Waals surface area contributed by atoms with Crippen molar-refractivity contribution < 1.29 is 9.53 Å². The van der Waals surface area contributed by atoms with Gasteiger partial charge in [-0.1, -0.05) is 82.3 Å². The van der Waals surface area contributed by atoms with Crippen LogP contribution in [0.3, 0.4) is 0 Å². The predicted octanol–water partition coefficient (Wildman–Crippen LogP) is 4.09. The Morgan fingerprint density at radius 1 is 1.12 bits per heavy atom. The van der Waals surface area contributed by atoms with Crippen LogP contribution in [0.4, 0.5) is 0 Å². The van der Waals surface area contributed by atoms with E-state index in [0.29, 0.717) is 29.0 Å². The second-order valence-corrected chi connectivity index (χ2v) is 9.55. The van der Waals surface area contributed by atoms with E-state index in [9.17, 15) is 4.79 Å². The molecule has 0 aliphatic carbocycles. The molecule has 2 aliphatic rings. The molecule has 170 valence electrons. The van der Waals surface area contributed by atoms with Crippen molar-refractivity contribution in [3.63, 3.8) is 0 Å². The van der Waals surface area contributed by atoms with Gasteiger partial charge in [0.05, 0.1) is 5.36 Å². The number of para-hydroxylation sites is 1. The number of hydrogen-bond donors (Lipinski definition) is 1. The minimum atomic E-state index is -0.571. The van der Waals surface area contributed by atoms with Gasteiger partial charge in [-0.15, -0.1) is 11.7 Å². The highest BCUT2D eigenvalue weighted by atomic mass is 79.9. The van der Waals surface area contributed by atoms with Crippen LogP contribution in [-0.2, 0) is 11.4 Å². The Hall–Kier alpha value is -3.36. The highest BCUT2D eigenvalue weighted by Gasteiger charge is 2.35. The SMILES string of the molecule is C=CCSC1=NN2C(=c3ccccc3=N[C@H]2c2cc(Br)ccc2OCc2ccccc2)C(=O)N1. The number of thioether (sulfide) groups is 1. The van der Waals surface area contributed by atoms with Gasteiger partial charge in [0, 0.05) is 21.0 Å². The number of rotatable bonds is 6. The second-order valence-electron chi connectivity index (χ2n) is 7.63. The molecule has 0 radical (unpaired) electrons. The summed E-state index contributed by atoms with van der Waals surface area (Å²) in [6.45, 7) is 4.17. The Labute approximate surface area is 209 Å². The number of halogens is 1. The van der Waals surface area contributed by atoms with E-state index >= 15 is 0 Å². The van der Waals surface area contributed by atoms with Crippen LogP contribution >= 0.6 is 27.7 Å². The smallest absolute Gasteiger partial charge is 0.276 e. The number of ether oxygens (including phenoxy) is 1. The summed E-state index contributed by atoms with van der Waals surface area (Å²) in [6.07, 6.45) is 1.20. The lowest BCUT2D eigenvalue weighted by atomic mass is 10.1. The first kappa shape index (κ1) is 22.4. The maximum absolute atomic E-state index is 13.2. The summed E-state index contributed by atoms with van der Waals surface area (Å²) in [6, 6.07) is 23.4. The molecule has 1 atom stereocenters. The zero-order valence-corrected chi connectivity index (χ0v) is 20.6. The third-order valence-electron chi connectivity index (χ3n) is 5.34. The van der Waals surface area contributed by atoms with Crippen LogP contribution in [-0.4, -0.2) is 21.8 Å². The molecule has 0 unspecified atom stereocenters. The Morgan fingerprint density at radius 3 is 2.74 bits per heavy atom. The fourth-order valence-electron chi connectivity index (χ4n) is 3.82. The van der Waals surface area contributed by atoms with Crippen LogP contribution in [0.1, 0.15) is 17.3 Å². The Bertz CT molecular complexity index is 1410. The molecule has 0 aromatic heterocycles. The molecule has 3 aromatic rings. The van der Waals surface area contributed by atoms with E-state index in [1.54, 1.807) is 11.1 Å².